The first-order valence-corrected chi connectivity index (χ1v) is 9.50. The normalized spacial score (nSPS) is 11.2. The molecule has 0 aliphatic heterocycles. The molecule has 28 heavy (non-hydrogen) atoms. The Balaban J connectivity index is 1.55. The molecule has 0 bridgehead atoms. The van der Waals surface area contributed by atoms with Crippen LogP contribution in [0.15, 0.2) is 58.5 Å². The second-order valence-corrected chi connectivity index (χ2v) is 7.10. The number of fused-ring (bicyclic) bond motifs is 3. The number of aromatic nitrogens is 4. The van der Waals surface area contributed by atoms with E-state index in [1.807, 2.05) is 12.1 Å². The number of rotatable bonds is 5. The highest BCUT2D eigenvalue weighted by atomic mass is 32.2. The van der Waals surface area contributed by atoms with Crippen LogP contribution in [0.25, 0.3) is 16.7 Å². The molecule has 7 nitrogen and oxygen atoms in total. The highest BCUT2D eigenvalue weighted by Crippen LogP contribution is 2.21. The maximum absolute atomic E-state index is 13.6. The number of nitrogens with one attached hydrogen (secondary N) is 1. The van der Waals surface area contributed by atoms with E-state index in [4.69, 9.17) is 0 Å². The van der Waals surface area contributed by atoms with Gasteiger partial charge in [-0.1, -0.05) is 42.1 Å². The first kappa shape index (κ1) is 18.2. The lowest BCUT2D eigenvalue weighted by molar-refractivity contribution is -0.118. The van der Waals surface area contributed by atoms with Crippen LogP contribution in [0.4, 0.5) is 4.39 Å². The van der Waals surface area contributed by atoms with Gasteiger partial charge >= 0.3 is 0 Å². The van der Waals surface area contributed by atoms with Gasteiger partial charge in [0, 0.05) is 19.2 Å². The predicted molar refractivity (Wildman–Crippen MR) is 105 cm³/mol. The van der Waals surface area contributed by atoms with Gasteiger partial charge in [0.2, 0.25) is 11.7 Å². The van der Waals surface area contributed by atoms with Gasteiger partial charge in [-0.3, -0.25) is 18.6 Å². The summed E-state index contributed by atoms with van der Waals surface area (Å²) in [6, 6.07) is 13.5. The van der Waals surface area contributed by atoms with Crippen LogP contribution in [0, 0.1) is 5.82 Å². The number of thioether (sulfide) groups is 1. The SMILES string of the molecule is Cn1c(=O)c2ccccc2n2c(SCC(=O)NCc3ccccc3F)nnc12. The van der Waals surface area contributed by atoms with Gasteiger partial charge in [-0.15, -0.1) is 10.2 Å². The van der Waals surface area contributed by atoms with Crippen LogP contribution in [-0.2, 0) is 18.4 Å². The molecule has 2 aromatic heterocycles. The average Bonchev–Trinajstić information content (AvgIpc) is 3.14. The number of benzene rings is 2. The quantitative estimate of drug-likeness (QED) is 0.522. The molecule has 0 radical (unpaired) electrons. The third-order valence-electron chi connectivity index (χ3n) is 4.36. The van der Waals surface area contributed by atoms with Crippen molar-refractivity contribution >= 4 is 34.3 Å². The molecule has 9 heteroatoms. The fraction of sp³-hybridized carbons (Fsp3) is 0.158. The number of aryl methyl sites for hydroxylation is 1. The smallest absolute Gasteiger partial charge is 0.262 e. The summed E-state index contributed by atoms with van der Waals surface area (Å²) in [7, 11) is 1.63. The van der Waals surface area contributed by atoms with Gasteiger partial charge in [-0.25, -0.2) is 4.39 Å². The van der Waals surface area contributed by atoms with Gasteiger partial charge in [0.25, 0.3) is 5.56 Å². The maximum Gasteiger partial charge on any atom is 0.262 e. The zero-order chi connectivity index (χ0) is 19.7. The standard InChI is InChI=1S/C19H16FN5O2S/c1-24-17(27)13-7-3-5-9-15(13)25-18(24)22-23-19(25)28-11-16(26)21-10-12-6-2-4-8-14(12)20/h2-9H,10-11H2,1H3,(H,21,26). The maximum atomic E-state index is 13.6. The molecule has 2 aromatic carbocycles. The van der Waals surface area contributed by atoms with Crippen LogP contribution in [0.1, 0.15) is 5.56 Å². The van der Waals surface area contributed by atoms with Crippen molar-refractivity contribution in [3.63, 3.8) is 0 Å². The summed E-state index contributed by atoms with van der Waals surface area (Å²) in [4.78, 5) is 24.6. The Morgan fingerprint density at radius 1 is 1.14 bits per heavy atom. The number of hydrogen-bond acceptors (Lipinski definition) is 5. The van der Waals surface area contributed by atoms with Crippen LogP contribution in [0.2, 0.25) is 0 Å². The Kier molecular flexibility index (Phi) is 4.82. The third-order valence-corrected chi connectivity index (χ3v) is 5.29. The molecule has 0 spiro atoms. The highest BCUT2D eigenvalue weighted by molar-refractivity contribution is 7.99. The predicted octanol–water partition coefficient (Wildman–Crippen LogP) is 2.13. The van der Waals surface area contributed by atoms with E-state index in [1.54, 1.807) is 41.8 Å². The van der Waals surface area contributed by atoms with Crippen molar-refractivity contribution < 1.29 is 9.18 Å². The number of halogens is 1. The molecule has 0 saturated carbocycles. The Labute approximate surface area is 163 Å². The van der Waals surface area contributed by atoms with E-state index in [2.05, 4.69) is 15.5 Å². The molecule has 4 rings (SSSR count). The van der Waals surface area contributed by atoms with E-state index in [9.17, 15) is 14.0 Å². The third kappa shape index (κ3) is 3.24. The Hall–Kier alpha value is -3.20. The molecule has 0 aliphatic carbocycles. The number of carbonyl (C=O) groups excluding carboxylic acids is 1. The summed E-state index contributed by atoms with van der Waals surface area (Å²) >= 11 is 1.20. The highest BCUT2D eigenvalue weighted by Gasteiger charge is 2.16. The molecule has 0 saturated heterocycles. The zero-order valence-corrected chi connectivity index (χ0v) is 15.7. The minimum Gasteiger partial charge on any atom is -0.351 e. The lowest BCUT2D eigenvalue weighted by atomic mass is 10.2. The summed E-state index contributed by atoms with van der Waals surface area (Å²) in [5, 5.41) is 12.0. The van der Waals surface area contributed by atoms with Crippen LogP contribution in [0.3, 0.4) is 0 Å². The van der Waals surface area contributed by atoms with Crippen molar-refractivity contribution in [3.8, 4) is 0 Å². The van der Waals surface area contributed by atoms with Crippen LogP contribution < -0.4 is 10.9 Å². The van der Waals surface area contributed by atoms with Gasteiger partial charge in [0.1, 0.15) is 5.82 Å². The summed E-state index contributed by atoms with van der Waals surface area (Å²) in [5.41, 5.74) is 0.948. The van der Waals surface area contributed by atoms with Gasteiger partial charge in [-0.2, -0.15) is 0 Å². The van der Waals surface area contributed by atoms with Crippen LogP contribution in [0.5, 0.6) is 0 Å². The molecular weight excluding hydrogens is 381 g/mol. The zero-order valence-electron chi connectivity index (χ0n) is 14.9. The summed E-state index contributed by atoms with van der Waals surface area (Å²) in [5.74, 6) is -0.116. The van der Waals surface area contributed by atoms with Gasteiger partial charge in [0.05, 0.1) is 16.7 Å². The first-order chi connectivity index (χ1) is 13.6. The van der Waals surface area contributed by atoms with E-state index in [0.717, 1.165) is 0 Å². The second kappa shape index (κ2) is 7.43. The van der Waals surface area contributed by atoms with Crippen molar-refractivity contribution in [3.05, 3.63) is 70.3 Å². The molecular formula is C19H16FN5O2S. The van der Waals surface area contributed by atoms with Gasteiger partial charge in [0.15, 0.2) is 5.16 Å². The van der Waals surface area contributed by atoms with E-state index >= 15 is 0 Å². The Morgan fingerprint density at radius 2 is 1.89 bits per heavy atom. The summed E-state index contributed by atoms with van der Waals surface area (Å²) < 4.78 is 16.8. The fourth-order valence-corrected chi connectivity index (χ4v) is 3.69. The summed E-state index contributed by atoms with van der Waals surface area (Å²) in [6.07, 6.45) is 0. The number of hydrogen-bond donors (Lipinski definition) is 1. The summed E-state index contributed by atoms with van der Waals surface area (Å²) in [6.45, 7) is 0.115. The van der Waals surface area contributed by atoms with Crippen molar-refractivity contribution in [2.75, 3.05) is 5.75 Å². The molecule has 142 valence electrons. The number of carbonyl (C=O) groups is 1. The molecule has 1 N–H and O–H groups in total. The molecule has 2 heterocycles. The largest absolute Gasteiger partial charge is 0.351 e. The molecule has 1 amide bonds. The van der Waals surface area contributed by atoms with Crippen LogP contribution >= 0.6 is 11.8 Å². The lowest BCUT2D eigenvalue weighted by Crippen LogP contribution is -2.25. The number of amides is 1. The number of para-hydroxylation sites is 1. The van der Waals surface area contributed by atoms with E-state index < -0.39 is 0 Å². The number of nitrogens with zero attached hydrogens (tertiary/aromatic N) is 4. The van der Waals surface area contributed by atoms with Gasteiger partial charge in [-0.05, 0) is 18.2 Å². The fourth-order valence-electron chi connectivity index (χ4n) is 2.92. The molecule has 4 aromatic rings. The van der Waals surface area contributed by atoms with Crippen molar-refractivity contribution in [1.82, 2.24) is 24.5 Å². The van der Waals surface area contributed by atoms with E-state index in [1.165, 1.54) is 22.4 Å². The lowest BCUT2D eigenvalue weighted by Gasteiger charge is -2.08. The topological polar surface area (TPSA) is 81.3 Å². The van der Waals surface area contributed by atoms with Crippen molar-refractivity contribution in [2.24, 2.45) is 7.05 Å². The molecule has 0 fully saturated rings. The Morgan fingerprint density at radius 3 is 2.71 bits per heavy atom. The molecule has 0 unspecified atom stereocenters. The minimum atomic E-state index is -0.355. The first-order valence-electron chi connectivity index (χ1n) is 8.52. The minimum absolute atomic E-state index is 0.0897. The van der Waals surface area contributed by atoms with Crippen molar-refractivity contribution in [1.29, 1.82) is 0 Å². The van der Waals surface area contributed by atoms with Crippen molar-refractivity contribution in [2.45, 2.75) is 11.7 Å². The average molecular weight is 397 g/mol. The molecule has 0 aliphatic rings. The van der Waals surface area contributed by atoms with E-state index in [0.29, 0.717) is 27.4 Å². The second-order valence-electron chi connectivity index (χ2n) is 6.16. The van der Waals surface area contributed by atoms with Gasteiger partial charge < -0.3 is 5.32 Å². The molecule has 0 atom stereocenters. The van der Waals surface area contributed by atoms with E-state index in [-0.39, 0.29) is 29.6 Å². The monoisotopic (exact) mass is 397 g/mol. The van der Waals surface area contributed by atoms with Crippen LogP contribution in [-0.4, -0.2) is 30.8 Å². The Bertz CT molecular complexity index is 1250.